The van der Waals surface area contributed by atoms with Gasteiger partial charge in [-0.15, -0.1) is 0 Å². The van der Waals surface area contributed by atoms with Crippen molar-refractivity contribution in [3.8, 4) is 5.75 Å². The Morgan fingerprint density at radius 2 is 1.88 bits per heavy atom. The van der Waals surface area contributed by atoms with E-state index in [4.69, 9.17) is 16.3 Å². The summed E-state index contributed by atoms with van der Waals surface area (Å²) in [6, 6.07) is 14.9. The number of aryl methyl sites for hydroxylation is 1. The number of rotatable bonds is 9. The highest BCUT2D eigenvalue weighted by molar-refractivity contribution is 7.88. The van der Waals surface area contributed by atoms with Crippen LogP contribution in [-0.2, 0) is 22.2 Å². The summed E-state index contributed by atoms with van der Waals surface area (Å²) in [4.78, 5) is 0. The number of hydrogen-bond acceptors (Lipinski definition) is 3. The van der Waals surface area contributed by atoms with Crippen molar-refractivity contribution in [2.24, 2.45) is 0 Å². The number of halogens is 1. The summed E-state index contributed by atoms with van der Waals surface area (Å²) in [5.41, 5.74) is 1.73. The Bertz CT molecular complexity index is 791. The molecule has 0 saturated heterocycles. The lowest BCUT2D eigenvalue weighted by Gasteiger charge is -2.11. The molecule has 2 aromatic carbocycles. The minimum absolute atomic E-state index is 0.107. The quantitative estimate of drug-likeness (QED) is 0.663. The average Bonchev–Trinajstić information content (AvgIpc) is 2.53. The van der Waals surface area contributed by atoms with Crippen LogP contribution in [0.1, 0.15) is 31.4 Å². The molecule has 4 nitrogen and oxygen atoms in total. The van der Waals surface area contributed by atoms with Crippen LogP contribution in [-0.4, -0.2) is 21.1 Å². The van der Waals surface area contributed by atoms with Gasteiger partial charge >= 0.3 is 0 Å². The van der Waals surface area contributed by atoms with E-state index in [-0.39, 0.29) is 11.9 Å². The highest BCUT2D eigenvalue weighted by atomic mass is 35.5. The monoisotopic (exact) mass is 381 g/mol. The molecule has 0 fully saturated rings. The molecular weight excluding hydrogens is 358 g/mol. The van der Waals surface area contributed by atoms with Crippen molar-refractivity contribution in [1.29, 1.82) is 0 Å². The molecule has 136 valence electrons. The van der Waals surface area contributed by atoms with Crippen LogP contribution >= 0.6 is 11.6 Å². The average molecular weight is 382 g/mol. The predicted octanol–water partition coefficient (Wildman–Crippen LogP) is 4.18. The van der Waals surface area contributed by atoms with Gasteiger partial charge in [0.2, 0.25) is 10.0 Å². The Balaban J connectivity index is 1.81. The smallest absolute Gasteiger partial charge is 0.215 e. The van der Waals surface area contributed by atoms with Crippen LogP contribution in [0.5, 0.6) is 5.75 Å². The van der Waals surface area contributed by atoms with Gasteiger partial charge in [-0.2, -0.15) is 0 Å². The first-order chi connectivity index (χ1) is 11.9. The topological polar surface area (TPSA) is 55.4 Å². The molecule has 1 N–H and O–H groups in total. The highest BCUT2D eigenvalue weighted by Gasteiger charge is 2.13. The van der Waals surface area contributed by atoms with Crippen molar-refractivity contribution in [3.05, 3.63) is 64.7 Å². The van der Waals surface area contributed by atoms with Crippen LogP contribution in [0.2, 0.25) is 5.02 Å². The molecule has 0 saturated carbocycles. The van der Waals surface area contributed by atoms with E-state index >= 15 is 0 Å². The largest absolute Gasteiger partial charge is 0.491 e. The third-order valence-electron chi connectivity index (χ3n) is 3.54. The maximum Gasteiger partial charge on any atom is 0.215 e. The number of benzene rings is 2. The van der Waals surface area contributed by atoms with E-state index < -0.39 is 10.0 Å². The molecule has 0 aliphatic rings. The molecule has 25 heavy (non-hydrogen) atoms. The second kappa shape index (κ2) is 9.22. The van der Waals surface area contributed by atoms with Gasteiger partial charge in [0.25, 0.3) is 0 Å². The molecule has 0 aromatic heterocycles. The van der Waals surface area contributed by atoms with Crippen molar-refractivity contribution in [3.63, 3.8) is 0 Å². The summed E-state index contributed by atoms with van der Waals surface area (Å²) in [6.07, 6.45) is 1.63. The fraction of sp³-hybridized carbons (Fsp3) is 0.368. The highest BCUT2D eigenvalue weighted by Crippen LogP contribution is 2.18. The SMILES string of the molecule is CC(C)Oc1cccc(CCCNS(=O)(=O)Cc2ccccc2Cl)c1. The third kappa shape index (κ3) is 7.06. The molecule has 0 radical (unpaired) electrons. The lowest BCUT2D eigenvalue weighted by atomic mass is 10.1. The van der Waals surface area contributed by atoms with Crippen LogP contribution in [0.25, 0.3) is 0 Å². The number of nitrogens with one attached hydrogen (secondary N) is 1. The van der Waals surface area contributed by atoms with Crippen LogP contribution in [0.15, 0.2) is 48.5 Å². The summed E-state index contributed by atoms with van der Waals surface area (Å²) >= 11 is 6.02. The maximum absolute atomic E-state index is 12.1. The first kappa shape index (κ1) is 19.8. The van der Waals surface area contributed by atoms with Crippen LogP contribution in [0.3, 0.4) is 0 Å². The molecule has 0 aliphatic heterocycles. The standard InChI is InChI=1S/C19H24ClNO3S/c1-15(2)24-18-10-5-7-16(13-18)8-6-12-21-25(22,23)14-17-9-3-4-11-19(17)20/h3-5,7,9-11,13,15,21H,6,8,12,14H2,1-2H3. The molecule has 0 spiro atoms. The molecule has 0 heterocycles. The summed E-state index contributed by atoms with van der Waals surface area (Å²) in [6.45, 7) is 4.36. The molecule has 0 atom stereocenters. The normalized spacial score (nSPS) is 11.7. The zero-order valence-corrected chi connectivity index (χ0v) is 16.1. The van der Waals surface area contributed by atoms with Crippen molar-refractivity contribution >= 4 is 21.6 Å². The Morgan fingerprint density at radius 1 is 1.12 bits per heavy atom. The molecule has 2 rings (SSSR count). The fourth-order valence-electron chi connectivity index (χ4n) is 2.44. The second-order valence-corrected chi connectivity index (χ2v) is 8.38. The van der Waals surface area contributed by atoms with Gasteiger partial charge in [-0.05, 0) is 56.0 Å². The lowest BCUT2D eigenvalue weighted by Crippen LogP contribution is -2.26. The molecule has 0 unspecified atom stereocenters. The Morgan fingerprint density at radius 3 is 2.60 bits per heavy atom. The van der Waals surface area contributed by atoms with Gasteiger partial charge < -0.3 is 4.74 Å². The van der Waals surface area contributed by atoms with Gasteiger partial charge in [0, 0.05) is 11.6 Å². The number of sulfonamides is 1. The van der Waals surface area contributed by atoms with Gasteiger partial charge in [-0.1, -0.05) is 41.9 Å². The van der Waals surface area contributed by atoms with Crippen molar-refractivity contribution < 1.29 is 13.2 Å². The van der Waals surface area contributed by atoms with Gasteiger partial charge in [0.05, 0.1) is 11.9 Å². The van der Waals surface area contributed by atoms with E-state index in [9.17, 15) is 8.42 Å². The zero-order chi connectivity index (χ0) is 18.3. The maximum atomic E-state index is 12.1. The van der Waals surface area contributed by atoms with Gasteiger partial charge in [0.1, 0.15) is 5.75 Å². The van der Waals surface area contributed by atoms with Crippen molar-refractivity contribution in [1.82, 2.24) is 4.72 Å². The summed E-state index contributed by atoms with van der Waals surface area (Å²) in [5, 5.41) is 0.467. The van der Waals surface area contributed by atoms with Crippen LogP contribution < -0.4 is 9.46 Å². The molecule has 0 amide bonds. The summed E-state index contributed by atoms with van der Waals surface area (Å²) < 4.78 is 32.6. The van der Waals surface area contributed by atoms with E-state index in [0.717, 1.165) is 17.7 Å². The molecule has 0 bridgehead atoms. The summed E-state index contributed by atoms with van der Waals surface area (Å²) in [7, 11) is -3.39. The fourth-order valence-corrected chi connectivity index (χ4v) is 3.94. The predicted molar refractivity (Wildman–Crippen MR) is 103 cm³/mol. The lowest BCUT2D eigenvalue weighted by molar-refractivity contribution is 0.242. The van der Waals surface area contributed by atoms with E-state index in [1.807, 2.05) is 38.1 Å². The van der Waals surface area contributed by atoms with Gasteiger partial charge in [-0.3, -0.25) is 0 Å². The minimum Gasteiger partial charge on any atom is -0.491 e. The zero-order valence-electron chi connectivity index (χ0n) is 14.5. The Hall–Kier alpha value is -1.56. The van der Waals surface area contributed by atoms with Crippen molar-refractivity contribution in [2.45, 2.75) is 38.5 Å². The number of hydrogen-bond donors (Lipinski definition) is 1. The van der Waals surface area contributed by atoms with E-state index in [1.54, 1.807) is 24.3 Å². The summed E-state index contributed by atoms with van der Waals surface area (Å²) in [5.74, 6) is 0.733. The van der Waals surface area contributed by atoms with Crippen LogP contribution in [0, 0.1) is 0 Å². The molecule has 0 aliphatic carbocycles. The van der Waals surface area contributed by atoms with E-state index in [1.165, 1.54) is 0 Å². The van der Waals surface area contributed by atoms with Gasteiger partial charge in [0.15, 0.2) is 0 Å². The van der Waals surface area contributed by atoms with E-state index in [2.05, 4.69) is 4.72 Å². The number of ether oxygens (including phenoxy) is 1. The Labute approximate surface area is 155 Å². The van der Waals surface area contributed by atoms with Crippen molar-refractivity contribution in [2.75, 3.05) is 6.54 Å². The van der Waals surface area contributed by atoms with Crippen LogP contribution in [0.4, 0.5) is 0 Å². The molecular formula is C19H24ClNO3S. The second-order valence-electron chi connectivity index (χ2n) is 6.16. The molecule has 6 heteroatoms. The van der Waals surface area contributed by atoms with Gasteiger partial charge in [-0.25, -0.2) is 13.1 Å². The third-order valence-corrected chi connectivity index (χ3v) is 5.24. The first-order valence-corrected chi connectivity index (χ1v) is 10.3. The molecule has 2 aromatic rings. The first-order valence-electron chi connectivity index (χ1n) is 8.32. The van der Waals surface area contributed by atoms with E-state index in [0.29, 0.717) is 23.6 Å². The Kier molecular flexibility index (Phi) is 7.29. The minimum atomic E-state index is -3.39.